The largest absolute Gasteiger partial charge is 0.478 e. The van der Waals surface area contributed by atoms with E-state index in [4.69, 9.17) is 22.4 Å². The van der Waals surface area contributed by atoms with E-state index in [1.165, 1.54) is 6.92 Å². The molecule has 16 heavy (non-hydrogen) atoms. The zero-order chi connectivity index (χ0) is 12.5. The highest BCUT2D eigenvalue weighted by molar-refractivity contribution is 7.91. The number of nitrogen functional groups attached to an aromatic ring is 1. The van der Waals surface area contributed by atoms with E-state index >= 15 is 0 Å². The number of halogens is 1. The smallest absolute Gasteiger partial charge is 0.337 e. The second kappa shape index (κ2) is 4.31. The summed E-state index contributed by atoms with van der Waals surface area (Å²) in [5.41, 5.74) is 5.13. The highest BCUT2D eigenvalue weighted by atomic mass is 35.5. The summed E-state index contributed by atoms with van der Waals surface area (Å²) in [4.78, 5) is 10.6. The van der Waals surface area contributed by atoms with Gasteiger partial charge in [-0.15, -0.1) is 0 Å². The fraction of sp³-hybridized carbons (Fsp3) is 0.222. The monoisotopic (exact) mass is 263 g/mol. The van der Waals surface area contributed by atoms with Crippen molar-refractivity contribution in [3.8, 4) is 0 Å². The van der Waals surface area contributed by atoms with E-state index in [2.05, 4.69) is 0 Å². The lowest BCUT2D eigenvalue weighted by molar-refractivity contribution is 0.0692. The normalized spacial score (nSPS) is 11.4. The molecule has 0 saturated heterocycles. The standard InChI is InChI=1S/C9H10ClNO4S/c1-2-16(14,15)8-4-7(11)6(10)3-5(8)9(12)13/h3-4H,2,11H2,1H3,(H,12,13). The average Bonchev–Trinajstić information content (AvgIpc) is 2.21. The van der Waals surface area contributed by atoms with Gasteiger partial charge in [0.25, 0.3) is 0 Å². The molecule has 7 heteroatoms. The molecule has 1 rings (SSSR count). The van der Waals surface area contributed by atoms with Crippen LogP contribution in [0.2, 0.25) is 5.02 Å². The molecule has 0 bridgehead atoms. The summed E-state index contributed by atoms with van der Waals surface area (Å²) in [6, 6.07) is 2.12. The highest BCUT2D eigenvalue weighted by Gasteiger charge is 2.22. The van der Waals surface area contributed by atoms with Gasteiger partial charge < -0.3 is 10.8 Å². The van der Waals surface area contributed by atoms with Crippen LogP contribution in [0, 0.1) is 0 Å². The quantitative estimate of drug-likeness (QED) is 0.804. The Balaban J connectivity index is 3.61. The molecule has 0 saturated carbocycles. The summed E-state index contributed by atoms with van der Waals surface area (Å²) in [5.74, 6) is -1.55. The number of carboxylic acids is 1. The minimum absolute atomic E-state index is 0.0208. The van der Waals surface area contributed by atoms with Gasteiger partial charge in [0.15, 0.2) is 9.84 Å². The molecule has 0 atom stereocenters. The van der Waals surface area contributed by atoms with Gasteiger partial charge in [-0.1, -0.05) is 18.5 Å². The first-order valence-electron chi connectivity index (χ1n) is 4.34. The van der Waals surface area contributed by atoms with E-state index in [0.717, 1.165) is 12.1 Å². The molecule has 0 radical (unpaired) electrons. The number of hydrogen-bond donors (Lipinski definition) is 2. The molecular formula is C9H10ClNO4S. The fourth-order valence-corrected chi connectivity index (χ4v) is 2.41. The number of carbonyl (C=O) groups is 1. The van der Waals surface area contributed by atoms with Gasteiger partial charge in [-0.05, 0) is 12.1 Å². The van der Waals surface area contributed by atoms with Crippen LogP contribution in [0.5, 0.6) is 0 Å². The minimum atomic E-state index is -3.63. The van der Waals surface area contributed by atoms with Crippen molar-refractivity contribution in [1.82, 2.24) is 0 Å². The van der Waals surface area contributed by atoms with Crippen LogP contribution >= 0.6 is 11.6 Å². The van der Waals surface area contributed by atoms with E-state index in [9.17, 15) is 13.2 Å². The zero-order valence-electron chi connectivity index (χ0n) is 8.40. The van der Waals surface area contributed by atoms with Crippen molar-refractivity contribution in [2.75, 3.05) is 11.5 Å². The van der Waals surface area contributed by atoms with E-state index in [1.807, 2.05) is 0 Å². The van der Waals surface area contributed by atoms with Crippen molar-refractivity contribution in [2.24, 2.45) is 0 Å². The number of sulfone groups is 1. The molecule has 0 fully saturated rings. The SMILES string of the molecule is CCS(=O)(=O)c1cc(N)c(Cl)cc1C(=O)O. The van der Waals surface area contributed by atoms with Crippen molar-refractivity contribution in [2.45, 2.75) is 11.8 Å². The molecule has 88 valence electrons. The molecule has 0 heterocycles. The summed E-state index contributed by atoms with van der Waals surface area (Å²) in [5, 5.41) is 8.90. The van der Waals surface area contributed by atoms with Crippen LogP contribution in [0.15, 0.2) is 17.0 Å². The number of hydrogen-bond acceptors (Lipinski definition) is 4. The predicted octanol–water partition coefficient (Wildman–Crippen LogP) is 1.41. The molecule has 0 aliphatic rings. The number of anilines is 1. The maximum atomic E-state index is 11.6. The molecule has 0 aliphatic carbocycles. The Hall–Kier alpha value is -1.27. The van der Waals surface area contributed by atoms with Crippen LogP contribution < -0.4 is 5.73 Å². The Morgan fingerprint density at radius 1 is 1.50 bits per heavy atom. The molecule has 1 aromatic rings. The summed E-state index contributed by atoms with van der Waals surface area (Å²) in [6.07, 6.45) is 0. The number of rotatable bonds is 3. The van der Waals surface area contributed by atoms with Crippen LogP contribution in [-0.4, -0.2) is 25.2 Å². The minimum Gasteiger partial charge on any atom is -0.478 e. The maximum absolute atomic E-state index is 11.6. The Morgan fingerprint density at radius 2 is 2.06 bits per heavy atom. The summed E-state index contributed by atoms with van der Waals surface area (Å²) < 4.78 is 23.3. The van der Waals surface area contributed by atoms with E-state index in [-0.39, 0.29) is 26.9 Å². The Morgan fingerprint density at radius 3 is 2.50 bits per heavy atom. The lowest BCUT2D eigenvalue weighted by Crippen LogP contribution is -2.11. The van der Waals surface area contributed by atoms with E-state index in [0.29, 0.717) is 0 Å². The molecule has 0 unspecified atom stereocenters. The van der Waals surface area contributed by atoms with E-state index < -0.39 is 15.8 Å². The maximum Gasteiger partial charge on any atom is 0.337 e. The first-order valence-corrected chi connectivity index (χ1v) is 6.37. The number of carboxylic acid groups (broad SMARTS) is 1. The van der Waals surface area contributed by atoms with Gasteiger partial charge >= 0.3 is 5.97 Å². The fourth-order valence-electron chi connectivity index (χ4n) is 1.15. The summed E-state index contributed by atoms with van der Waals surface area (Å²) in [7, 11) is -3.63. The van der Waals surface area contributed by atoms with Crippen molar-refractivity contribution in [3.05, 3.63) is 22.7 Å². The van der Waals surface area contributed by atoms with Crippen molar-refractivity contribution in [1.29, 1.82) is 0 Å². The first kappa shape index (κ1) is 12.8. The lowest BCUT2D eigenvalue weighted by Gasteiger charge is -2.08. The van der Waals surface area contributed by atoms with Gasteiger partial charge in [0, 0.05) is 0 Å². The van der Waals surface area contributed by atoms with Gasteiger partial charge in [0.2, 0.25) is 0 Å². The second-order valence-corrected chi connectivity index (χ2v) is 5.73. The first-order chi connectivity index (χ1) is 7.29. The summed E-state index contributed by atoms with van der Waals surface area (Å²) >= 11 is 5.64. The average molecular weight is 264 g/mol. The van der Waals surface area contributed by atoms with Crippen LogP contribution in [-0.2, 0) is 9.84 Å². The number of aromatic carboxylic acids is 1. The van der Waals surface area contributed by atoms with Gasteiger partial charge in [-0.2, -0.15) is 0 Å². The Kier molecular flexibility index (Phi) is 3.44. The van der Waals surface area contributed by atoms with Crippen molar-refractivity contribution < 1.29 is 18.3 Å². The lowest BCUT2D eigenvalue weighted by atomic mass is 10.2. The van der Waals surface area contributed by atoms with Gasteiger partial charge in [-0.25, -0.2) is 13.2 Å². The van der Waals surface area contributed by atoms with Crippen LogP contribution in [0.4, 0.5) is 5.69 Å². The van der Waals surface area contributed by atoms with Crippen molar-refractivity contribution >= 4 is 33.1 Å². The van der Waals surface area contributed by atoms with Gasteiger partial charge in [-0.3, -0.25) is 0 Å². The molecule has 3 N–H and O–H groups in total. The van der Waals surface area contributed by atoms with Gasteiger partial charge in [0.05, 0.1) is 26.9 Å². The van der Waals surface area contributed by atoms with Crippen LogP contribution in [0.25, 0.3) is 0 Å². The number of benzene rings is 1. The molecule has 1 aromatic carbocycles. The third kappa shape index (κ3) is 2.28. The van der Waals surface area contributed by atoms with Crippen molar-refractivity contribution in [3.63, 3.8) is 0 Å². The van der Waals surface area contributed by atoms with E-state index in [1.54, 1.807) is 0 Å². The zero-order valence-corrected chi connectivity index (χ0v) is 9.97. The molecule has 0 aromatic heterocycles. The second-order valence-electron chi connectivity index (χ2n) is 3.08. The molecule has 5 nitrogen and oxygen atoms in total. The van der Waals surface area contributed by atoms with Crippen LogP contribution in [0.3, 0.4) is 0 Å². The molecule has 0 aliphatic heterocycles. The Labute approximate surface area is 97.8 Å². The number of nitrogens with two attached hydrogens (primary N) is 1. The van der Waals surface area contributed by atoms with Crippen LogP contribution in [0.1, 0.15) is 17.3 Å². The molecular weight excluding hydrogens is 254 g/mol. The van der Waals surface area contributed by atoms with Gasteiger partial charge in [0.1, 0.15) is 0 Å². The topological polar surface area (TPSA) is 97.5 Å². The highest BCUT2D eigenvalue weighted by Crippen LogP contribution is 2.27. The third-order valence-corrected chi connectivity index (χ3v) is 4.14. The summed E-state index contributed by atoms with van der Waals surface area (Å²) in [6.45, 7) is 1.42. The molecule has 0 spiro atoms. The molecule has 0 amide bonds. The third-order valence-electron chi connectivity index (χ3n) is 2.04. The Bertz CT molecular complexity index is 539. The predicted molar refractivity (Wildman–Crippen MR) is 60.6 cm³/mol.